The van der Waals surface area contributed by atoms with Gasteiger partial charge < -0.3 is 24.8 Å². The van der Waals surface area contributed by atoms with Crippen molar-refractivity contribution in [3.8, 4) is 23.0 Å². The van der Waals surface area contributed by atoms with E-state index in [-0.39, 0.29) is 11.8 Å². The summed E-state index contributed by atoms with van der Waals surface area (Å²) in [4.78, 5) is 25.2. The van der Waals surface area contributed by atoms with E-state index in [0.29, 0.717) is 59.1 Å². The third-order valence-corrected chi connectivity index (χ3v) is 5.86. The molecular formula is C34H36N2O5. The van der Waals surface area contributed by atoms with Gasteiger partial charge in [0.1, 0.15) is 23.0 Å². The van der Waals surface area contributed by atoms with Gasteiger partial charge in [-0.2, -0.15) is 0 Å². The molecule has 4 aromatic carbocycles. The topological polar surface area (TPSA) is 85.9 Å². The summed E-state index contributed by atoms with van der Waals surface area (Å²) in [6, 6.07) is 28.4. The Hall–Kier alpha value is -4.78. The Labute approximate surface area is 241 Å². The molecule has 212 valence electrons. The highest BCUT2D eigenvalue weighted by Gasteiger charge is 2.09. The molecule has 0 atom stereocenters. The molecule has 0 unspecified atom stereocenters. The molecule has 0 aliphatic rings. The van der Waals surface area contributed by atoms with Gasteiger partial charge in [0.15, 0.2) is 0 Å². The fourth-order valence-electron chi connectivity index (χ4n) is 3.69. The SMILES string of the molecule is CC(C)COc1ccc(C(=O)Nc2ccc(Oc3ccc(NC(=O)c4ccc(OCC(C)C)cc4)cc3)cc2)cc1. The third-order valence-electron chi connectivity index (χ3n) is 5.86. The van der Waals surface area contributed by atoms with Crippen LogP contribution in [-0.4, -0.2) is 25.0 Å². The van der Waals surface area contributed by atoms with Crippen LogP contribution in [0.3, 0.4) is 0 Å². The second-order valence-corrected chi connectivity index (χ2v) is 10.5. The van der Waals surface area contributed by atoms with Gasteiger partial charge in [0.25, 0.3) is 11.8 Å². The zero-order chi connectivity index (χ0) is 29.2. The Morgan fingerprint density at radius 3 is 1.15 bits per heavy atom. The summed E-state index contributed by atoms with van der Waals surface area (Å²) in [5.41, 5.74) is 2.39. The van der Waals surface area contributed by atoms with E-state index in [2.05, 4.69) is 38.3 Å². The smallest absolute Gasteiger partial charge is 0.255 e. The Balaban J connectivity index is 1.26. The quantitative estimate of drug-likeness (QED) is 0.186. The van der Waals surface area contributed by atoms with Crippen LogP contribution in [0.1, 0.15) is 48.4 Å². The van der Waals surface area contributed by atoms with Crippen molar-refractivity contribution in [2.24, 2.45) is 11.8 Å². The molecule has 7 heteroatoms. The van der Waals surface area contributed by atoms with Crippen molar-refractivity contribution in [2.75, 3.05) is 23.8 Å². The molecule has 4 aromatic rings. The Morgan fingerprint density at radius 2 is 0.829 bits per heavy atom. The minimum Gasteiger partial charge on any atom is -0.493 e. The van der Waals surface area contributed by atoms with Gasteiger partial charge in [-0.1, -0.05) is 27.7 Å². The maximum Gasteiger partial charge on any atom is 0.255 e. The van der Waals surface area contributed by atoms with Gasteiger partial charge in [-0.15, -0.1) is 0 Å². The van der Waals surface area contributed by atoms with Crippen molar-refractivity contribution in [3.63, 3.8) is 0 Å². The third kappa shape index (κ3) is 9.14. The molecule has 4 rings (SSSR count). The second-order valence-electron chi connectivity index (χ2n) is 10.5. The zero-order valence-corrected chi connectivity index (χ0v) is 23.8. The predicted molar refractivity (Wildman–Crippen MR) is 162 cm³/mol. The van der Waals surface area contributed by atoms with E-state index in [1.165, 1.54) is 0 Å². The Morgan fingerprint density at radius 1 is 0.512 bits per heavy atom. The maximum absolute atomic E-state index is 12.6. The van der Waals surface area contributed by atoms with Crippen molar-refractivity contribution in [1.29, 1.82) is 0 Å². The number of amides is 2. The first-order chi connectivity index (χ1) is 19.7. The summed E-state index contributed by atoms with van der Waals surface area (Å²) in [7, 11) is 0. The lowest BCUT2D eigenvalue weighted by Gasteiger charge is -2.11. The highest BCUT2D eigenvalue weighted by molar-refractivity contribution is 6.05. The molecule has 0 bridgehead atoms. The molecule has 0 saturated heterocycles. The molecule has 0 saturated carbocycles. The van der Waals surface area contributed by atoms with E-state index in [1.54, 1.807) is 97.1 Å². The van der Waals surface area contributed by atoms with E-state index >= 15 is 0 Å². The summed E-state index contributed by atoms with van der Waals surface area (Å²) >= 11 is 0. The van der Waals surface area contributed by atoms with Gasteiger partial charge in [-0.05, 0) is 109 Å². The molecule has 0 spiro atoms. The lowest BCUT2D eigenvalue weighted by molar-refractivity contribution is 0.101. The van der Waals surface area contributed by atoms with Crippen molar-refractivity contribution in [2.45, 2.75) is 27.7 Å². The summed E-state index contributed by atoms with van der Waals surface area (Å²) in [6.07, 6.45) is 0. The number of carbonyl (C=O) groups excluding carboxylic acids is 2. The number of nitrogens with one attached hydrogen (secondary N) is 2. The number of carbonyl (C=O) groups is 2. The average molecular weight is 553 g/mol. The normalized spacial score (nSPS) is 10.8. The molecular weight excluding hydrogens is 516 g/mol. The van der Waals surface area contributed by atoms with Crippen LogP contribution in [0.4, 0.5) is 11.4 Å². The Bertz CT molecular complexity index is 1300. The monoisotopic (exact) mass is 552 g/mol. The number of hydrogen-bond acceptors (Lipinski definition) is 5. The molecule has 0 aromatic heterocycles. The first kappa shape index (κ1) is 29.2. The predicted octanol–water partition coefficient (Wildman–Crippen LogP) is 8.05. The van der Waals surface area contributed by atoms with Gasteiger partial charge >= 0.3 is 0 Å². The van der Waals surface area contributed by atoms with Crippen LogP contribution in [0.25, 0.3) is 0 Å². The fraction of sp³-hybridized carbons (Fsp3) is 0.235. The van der Waals surface area contributed by atoms with Gasteiger partial charge in [0.2, 0.25) is 0 Å². The highest BCUT2D eigenvalue weighted by Crippen LogP contribution is 2.25. The molecule has 0 radical (unpaired) electrons. The number of benzene rings is 4. The van der Waals surface area contributed by atoms with E-state index < -0.39 is 0 Å². The molecule has 0 fully saturated rings. The van der Waals surface area contributed by atoms with Crippen LogP contribution < -0.4 is 24.8 Å². The number of hydrogen-bond donors (Lipinski definition) is 2. The molecule has 41 heavy (non-hydrogen) atoms. The standard InChI is InChI=1S/C34H36N2O5/c1-23(2)21-39-29-13-5-25(6-14-29)33(37)35-27-9-17-31(18-10-27)41-32-19-11-28(12-20-32)36-34(38)26-7-15-30(16-8-26)40-22-24(3)4/h5-20,23-24H,21-22H2,1-4H3,(H,35,37)(H,36,38). The molecule has 0 heterocycles. The van der Waals surface area contributed by atoms with E-state index in [9.17, 15) is 9.59 Å². The lowest BCUT2D eigenvalue weighted by Crippen LogP contribution is -2.12. The zero-order valence-electron chi connectivity index (χ0n) is 23.8. The number of anilines is 2. The van der Waals surface area contributed by atoms with Crippen LogP contribution in [0.5, 0.6) is 23.0 Å². The van der Waals surface area contributed by atoms with E-state index in [0.717, 1.165) is 11.5 Å². The molecule has 0 aliphatic carbocycles. The van der Waals surface area contributed by atoms with Gasteiger partial charge in [0.05, 0.1) is 13.2 Å². The van der Waals surface area contributed by atoms with Crippen molar-refractivity contribution >= 4 is 23.2 Å². The summed E-state index contributed by atoms with van der Waals surface area (Å²) < 4.78 is 17.3. The molecule has 2 N–H and O–H groups in total. The lowest BCUT2D eigenvalue weighted by atomic mass is 10.2. The van der Waals surface area contributed by atoms with E-state index in [1.807, 2.05) is 0 Å². The number of rotatable bonds is 12. The van der Waals surface area contributed by atoms with Gasteiger partial charge in [-0.3, -0.25) is 9.59 Å². The van der Waals surface area contributed by atoms with Crippen LogP contribution in [0.2, 0.25) is 0 Å². The van der Waals surface area contributed by atoms with Crippen molar-refractivity contribution in [1.82, 2.24) is 0 Å². The van der Waals surface area contributed by atoms with Crippen molar-refractivity contribution in [3.05, 3.63) is 108 Å². The fourth-order valence-corrected chi connectivity index (χ4v) is 3.69. The van der Waals surface area contributed by atoms with Gasteiger partial charge in [-0.25, -0.2) is 0 Å². The minimum atomic E-state index is -0.206. The van der Waals surface area contributed by atoms with Crippen LogP contribution >= 0.6 is 0 Å². The summed E-state index contributed by atoms with van der Waals surface area (Å²) in [5.74, 6) is 3.17. The van der Waals surface area contributed by atoms with Crippen LogP contribution in [0, 0.1) is 11.8 Å². The second kappa shape index (κ2) is 14.0. The number of ether oxygens (including phenoxy) is 3. The summed E-state index contributed by atoms with van der Waals surface area (Å²) in [5, 5.41) is 5.78. The first-order valence-corrected chi connectivity index (χ1v) is 13.7. The van der Waals surface area contributed by atoms with E-state index in [4.69, 9.17) is 14.2 Å². The summed E-state index contributed by atoms with van der Waals surface area (Å²) in [6.45, 7) is 9.60. The van der Waals surface area contributed by atoms with Crippen LogP contribution in [0.15, 0.2) is 97.1 Å². The largest absolute Gasteiger partial charge is 0.493 e. The Kier molecular flexibility index (Phi) is 9.99. The average Bonchev–Trinajstić information content (AvgIpc) is 2.97. The molecule has 2 amide bonds. The van der Waals surface area contributed by atoms with Gasteiger partial charge in [0, 0.05) is 22.5 Å². The minimum absolute atomic E-state index is 0.206. The highest BCUT2D eigenvalue weighted by atomic mass is 16.5. The van der Waals surface area contributed by atoms with Crippen LogP contribution in [-0.2, 0) is 0 Å². The molecule has 7 nitrogen and oxygen atoms in total. The maximum atomic E-state index is 12.6. The van der Waals surface area contributed by atoms with Crippen molar-refractivity contribution < 1.29 is 23.8 Å². The molecule has 0 aliphatic heterocycles. The first-order valence-electron chi connectivity index (χ1n) is 13.7.